The Morgan fingerprint density at radius 3 is 2.65 bits per heavy atom. The zero-order valence-corrected chi connectivity index (χ0v) is 18.0. The molecule has 0 aromatic heterocycles. The molecule has 1 aliphatic rings. The number of nitrogens with zero attached hydrogens (tertiary/aromatic N) is 2. The molecular formula is C24H18ClN3O2S. The smallest absolute Gasteiger partial charge is 0.248 e. The van der Waals surface area contributed by atoms with Gasteiger partial charge in [0.2, 0.25) is 11.8 Å². The fraction of sp³-hybridized carbons (Fsp3) is 0.125. The predicted molar refractivity (Wildman–Crippen MR) is 121 cm³/mol. The van der Waals surface area contributed by atoms with Crippen LogP contribution in [0.15, 0.2) is 76.5 Å². The summed E-state index contributed by atoms with van der Waals surface area (Å²) in [5.74, 6) is -0.572. The average Bonchev–Trinajstić information content (AvgIpc) is 3.17. The number of hydrogen-bond acceptors (Lipinski definition) is 4. The highest BCUT2D eigenvalue weighted by atomic mass is 35.5. The van der Waals surface area contributed by atoms with E-state index in [0.29, 0.717) is 34.8 Å². The van der Waals surface area contributed by atoms with Crippen LogP contribution in [0.2, 0.25) is 5.02 Å². The van der Waals surface area contributed by atoms with Crippen LogP contribution < -0.4 is 10.6 Å². The molecule has 1 fully saturated rings. The van der Waals surface area contributed by atoms with E-state index in [-0.39, 0.29) is 11.8 Å². The van der Waals surface area contributed by atoms with Crippen molar-refractivity contribution < 1.29 is 9.59 Å². The van der Waals surface area contributed by atoms with Crippen LogP contribution in [-0.4, -0.2) is 18.4 Å². The minimum absolute atomic E-state index is 0.0173. The molecular weight excluding hydrogens is 430 g/mol. The number of halogens is 1. The first-order valence-electron chi connectivity index (χ1n) is 9.63. The maximum atomic E-state index is 12.7. The van der Waals surface area contributed by atoms with E-state index in [9.17, 15) is 14.9 Å². The first-order chi connectivity index (χ1) is 15.0. The van der Waals surface area contributed by atoms with Crippen molar-refractivity contribution in [3.05, 3.63) is 88.4 Å². The van der Waals surface area contributed by atoms with Gasteiger partial charge >= 0.3 is 0 Å². The molecule has 0 bridgehead atoms. The van der Waals surface area contributed by atoms with Gasteiger partial charge in [-0.2, -0.15) is 5.26 Å². The summed E-state index contributed by atoms with van der Waals surface area (Å²) in [5.41, 5.74) is 7.93. The van der Waals surface area contributed by atoms with Crippen molar-refractivity contribution in [1.29, 1.82) is 5.26 Å². The lowest BCUT2D eigenvalue weighted by Crippen LogP contribution is -2.24. The lowest BCUT2D eigenvalue weighted by molar-refractivity contribution is -0.117. The van der Waals surface area contributed by atoms with Crippen LogP contribution in [0.5, 0.6) is 0 Å². The summed E-state index contributed by atoms with van der Waals surface area (Å²) >= 11 is 7.73. The van der Waals surface area contributed by atoms with Crippen molar-refractivity contribution in [3.8, 4) is 6.07 Å². The molecule has 1 saturated heterocycles. The van der Waals surface area contributed by atoms with Crippen molar-refractivity contribution in [1.82, 2.24) is 0 Å². The van der Waals surface area contributed by atoms with Gasteiger partial charge < -0.3 is 10.6 Å². The molecule has 0 unspecified atom stereocenters. The fourth-order valence-corrected chi connectivity index (χ4v) is 4.84. The van der Waals surface area contributed by atoms with Gasteiger partial charge in [0.15, 0.2) is 0 Å². The minimum atomic E-state index is -0.529. The SMILES string of the molecule is N#Cc1ccc([C@H]2CC(=O)N(c3cccc(C(N)=O)c3)C2)cc1Sc1ccccc1Cl. The highest BCUT2D eigenvalue weighted by molar-refractivity contribution is 7.99. The number of amides is 2. The molecule has 1 aliphatic heterocycles. The van der Waals surface area contributed by atoms with E-state index >= 15 is 0 Å². The Morgan fingerprint density at radius 2 is 1.90 bits per heavy atom. The molecule has 0 saturated carbocycles. The zero-order chi connectivity index (χ0) is 22.0. The second-order valence-corrected chi connectivity index (χ2v) is 8.71. The van der Waals surface area contributed by atoms with Gasteiger partial charge in [-0.1, -0.05) is 47.6 Å². The van der Waals surface area contributed by atoms with Crippen LogP contribution in [0.1, 0.15) is 33.8 Å². The number of anilines is 1. The second-order valence-electron chi connectivity index (χ2n) is 7.22. The lowest BCUT2D eigenvalue weighted by Gasteiger charge is -2.18. The molecule has 0 spiro atoms. The van der Waals surface area contributed by atoms with Gasteiger partial charge in [0.05, 0.1) is 10.6 Å². The summed E-state index contributed by atoms with van der Waals surface area (Å²) in [7, 11) is 0. The number of carbonyl (C=O) groups excluding carboxylic acids is 2. The molecule has 3 aromatic rings. The van der Waals surface area contributed by atoms with Gasteiger partial charge in [-0.15, -0.1) is 0 Å². The topological polar surface area (TPSA) is 87.2 Å². The Balaban J connectivity index is 1.61. The molecule has 5 nitrogen and oxygen atoms in total. The van der Waals surface area contributed by atoms with E-state index < -0.39 is 5.91 Å². The van der Waals surface area contributed by atoms with Crippen molar-refractivity contribution in [2.24, 2.45) is 5.73 Å². The van der Waals surface area contributed by atoms with Gasteiger partial charge in [-0.25, -0.2) is 0 Å². The number of primary amides is 1. The van der Waals surface area contributed by atoms with Crippen LogP contribution in [-0.2, 0) is 4.79 Å². The molecule has 7 heteroatoms. The molecule has 1 heterocycles. The van der Waals surface area contributed by atoms with Gasteiger partial charge in [0, 0.05) is 39.9 Å². The summed E-state index contributed by atoms with van der Waals surface area (Å²) in [6.07, 6.45) is 0.350. The minimum Gasteiger partial charge on any atom is -0.366 e. The summed E-state index contributed by atoms with van der Waals surface area (Å²) in [6.45, 7) is 0.489. The fourth-order valence-electron chi connectivity index (χ4n) is 3.62. The van der Waals surface area contributed by atoms with Gasteiger partial charge in [-0.3, -0.25) is 9.59 Å². The van der Waals surface area contributed by atoms with Gasteiger partial charge in [0.1, 0.15) is 6.07 Å². The van der Waals surface area contributed by atoms with Crippen LogP contribution in [0, 0.1) is 11.3 Å². The number of carbonyl (C=O) groups is 2. The van der Waals surface area contributed by atoms with Gasteiger partial charge in [-0.05, 0) is 48.0 Å². The van der Waals surface area contributed by atoms with E-state index in [1.54, 1.807) is 35.2 Å². The maximum Gasteiger partial charge on any atom is 0.248 e. The molecule has 4 rings (SSSR count). The molecule has 1 atom stereocenters. The van der Waals surface area contributed by atoms with Crippen LogP contribution in [0.4, 0.5) is 5.69 Å². The Bertz CT molecular complexity index is 1220. The molecule has 3 aromatic carbocycles. The Labute approximate surface area is 189 Å². The molecule has 31 heavy (non-hydrogen) atoms. The van der Waals surface area contributed by atoms with Crippen molar-refractivity contribution >= 4 is 40.9 Å². The van der Waals surface area contributed by atoms with E-state index in [4.69, 9.17) is 17.3 Å². The number of benzene rings is 3. The zero-order valence-electron chi connectivity index (χ0n) is 16.4. The lowest BCUT2D eigenvalue weighted by atomic mass is 9.97. The van der Waals surface area contributed by atoms with E-state index in [1.807, 2.05) is 36.4 Å². The Hall–Kier alpha value is -3.27. The molecule has 2 N–H and O–H groups in total. The van der Waals surface area contributed by atoms with Crippen LogP contribution >= 0.6 is 23.4 Å². The highest BCUT2D eigenvalue weighted by Gasteiger charge is 2.32. The third kappa shape index (κ3) is 4.43. The molecule has 2 amide bonds. The average molecular weight is 448 g/mol. The number of hydrogen-bond donors (Lipinski definition) is 1. The first-order valence-corrected chi connectivity index (χ1v) is 10.8. The number of rotatable bonds is 5. The second kappa shape index (κ2) is 8.84. The highest BCUT2D eigenvalue weighted by Crippen LogP contribution is 2.38. The van der Waals surface area contributed by atoms with Crippen LogP contribution in [0.25, 0.3) is 0 Å². The quantitative estimate of drug-likeness (QED) is 0.597. The third-order valence-electron chi connectivity index (χ3n) is 5.22. The third-order valence-corrected chi connectivity index (χ3v) is 6.80. The summed E-state index contributed by atoms with van der Waals surface area (Å²) < 4.78 is 0. The van der Waals surface area contributed by atoms with E-state index in [2.05, 4.69) is 6.07 Å². The number of nitriles is 1. The van der Waals surface area contributed by atoms with Gasteiger partial charge in [0.25, 0.3) is 0 Å². The molecule has 0 aliphatic carbocycles. The predicted octanol–water partition coefficient (Wildman–Crippen LogP) is 4.98. The first kappa shape index (κ1) is 21.0. The van der Waals surface area contributed by atoms with Crippen molar-refractivity contribution in [3.63, 3.8) is 0 Å². The van der Waals surface area contributed by atoms with Crippen LogP contribution in [0.3, 0.4) is 0 Å². The summed E-state index contributed by atoms with van der Waals surface area (Å²) in [4.78, 5) is 27.5. The monoisotopic (exact) mass is 447 g/mol. The normalized spacial score (nSPS) is 15.7. The van der Waals surface area contributed by atoms with Crippen molar-refractivity contribution in [2.45, 2.75) is 22.1 Å². The van der Waals surface area contributed by atoms with E-state index in [0.717, 1.165) is 15.4 Å². The van der Waals surface area contributed by atoms with E-state index in [1.165, 1.54) is 11.8 Å². The largest absolute Gasteiger partial charge is 0.366 e. The molecule has 0 radical (unpaired) electrons. The number of nitrogens with two attached hydrogens (primary N) is 1. The Kier molecular flexibility index (Phi) is 5.99. The standard InChI is InChI=1S/C24H18ClN3O2S/c25-20-6-1-2-7-21(20)31-22-11-15(8-9-17(22)13-26)18-12-23(29)28(14-18)19-5-3-4-16(10-19)24(27)30/h1-11,18H,12,14H2,(H2,27,30)/t18-/m0/s1. The Morgan fingerprint density at radius 1 is 1.10 bits per heavy atom. The maximum absolute atomic E-state index is 12.7. The molecule has 154 valence electrons. The summed E-state index contributed by atoms with van der Waals surface area (Å²) in [6, 6.07) is 22.1. The van der Waals surface area contributed by atoms with Crippen molar-refractivity contribution in [2.75, 3.05) is 11.4 Å². The summed E-state index contributed by atoms with van der Waals surface area (Å²) in [5, 5.41) is 10.2.